The van der Waals surface area contributed by atoms with Gasteiger partial charge >= 0.3 is 12.1 Å². The number of fused-ring (bicyclic) bond motifs is 4. The van der Waals surface area contributed by atoms with Crippen LogP contribution in [0.4, 0.5) is 9.59 Å². The van der Waals surface area contributed by atoms with Gasteiger partial charge in [0, 0.05) is 44.6 Å². The molecule has 5 rings (SSSR count). The number of carbonyl (C=O) groups excluding carboxylic acids is 2. The standard InChI is InChI=1S/C27H40N4O3.H2/c1-3-13-28-25(32)30-18-20-7-5-6-8-24(20)27(19-30)11-14-29(15-12-27)23-16-21-9-10-22(17-23)31(21)26(33)34-4-2;/h5-8,21-23H,3-4,9-19H2,1-2H3,(H,28,32);1H. The molecule has 4 heterocycles. The van der Waals surface area contributed by atoms with Crippen LogP contribution in [-0.2, 0) is 16.7 Å². The maximum atomic E-state index is 12.9. The molecule has 1 aromatic rings. The van der Waals surface area contributed by atoms with Crippen LogP contribution in [0, 0.1) is 0 Å². The number of rotatable bonds is 4. The molecule has 2 atom stereocenters. The molecule has 0 aromatic heterocycles. The minimum absolute atomic E-state index is 0. The molecule has 2 bridgehead atoms. The molecule has 4 aliphatic rings. The summed E-state index contributed by atoms with van der Waals surface area (Å²) in [6.45, 7) is 8.77. The van der Waals surface area contributed by atoms with E-state index in [1.807, 2.05) is 16.7 Å². The van der Waals surface area contributed by atoms with E-state index in [1.165, 1.54) is 11.1 Å². The van der Waals surface area contributed by atoms with Crippen LogP contribution in [0.3, 0.4) is 0 Å². The van der Waals surface area contributed by atoms with Crippen molar-refractivity contribution in [3.05, 3.63) is 35.4 Å². The van der Waals surface area contributed by atoms with Crippen molar-refractivity contribution in [1.82, 2.24) is 20.0 Å². The molecule has 2 unspecified atom stereocenters. The third kappa shape index (κ3) is 4.28. The fourth-order valence-corrected chi connectivity index (χ4v) is 7.06. The zero-order valence-corrected chi connectivity index (χ0v) is 20.8. The van der Waals surface area contributed by atoms with E-state index in [2.05, 4.69) is 41.4 Å². The van der Waals surface area contributed by atoms with Crippen LogP contribution in [0.2, 0.25) is 0 Å². The monoisotopic (exact) mass is 470 g/mol. The lowest BCUT2D eigenvalue weighted by atomic mass is 9.68. The summed E-state index contributed by atoms with van der Waals surface area (Å²) >= 11 is 0. The van der Waals surface area contributed by atoms with E-state index in [0.717, 1.165) is 71.1 Å². The van der Waals surface area contributed by atoms with Gasteiger partial charge < -0.3 is 24.8 Å². The van der Waals surface area contributed by atoms with Gasteiger partial charge in [-0.2, -0.15) is 0 Å². The summed E-state index contributed by atoms with van der Waals surface area (Å²) < 4.78 is 5.34. The second kappa shape index (κ2) is 9.76. The van der Waals surface area contributed by atoms with E-state index in [0.29, 0.717) is 31.3 Å². The maximum absolute atomic E-state index is 12.9. The molecule has 3 fully saturated rings. The van der Waals surface area contributed by atoms with Gasteiger partial charge in [-0.05, 0) is 76.1 Å². The highest BCUT2D eigenvalue weighted by Crippen LogP contribution is 2.44. The largest absolute Gasteiger partial charge is 0.450 e. The first-order valence-corrected chi connectivity index (χ1v) is 13.3. The molecule has 4 aliphatic heterocycles. The first kappa shape index (κ1) is 23.5. The number of hydrogen-bond donors (Lipinski definition) is 1. The highest BCUT2D eigenvalue weighted by Gasteiger charge is 2.48. The van der Waals surface area contributed by atoms with Gasteiger partial charge in [0.1, 0.15) is 0 Å². The Balaban J connectivity index is 0.00000289. The van der Waals surface area contributed by atoms with Crippen molar-refractivity contribution < 1.29 is 15.8 Å². The number of likely N-dealkylation sites (tertiary alicyclic amines) is 1. The SMILES string of the molecule is CCCNC(=O)N1Cc2ccccc2C2(CCN(C3CC4CCC(C3)N4C(=O)OCC)CC2)C1.[HH]. The van der Waals surface area contributed by atoms with Gasteiger partial charge in [0.2, 0.25) is 0 Å². The summed E-state index contributed by atoms with van der Waals surface area (Å²) in [5.41, 5.74) is 2.79. The van der Waals surface area contributed by atoms with E-state index in [9.17, 15) is 9.59 Å². The molecule has 188 valence electrons. The molecule has 7 nitrogen and oxygen atoms in total. The maximum Gasteiger partial charge on any atom is 0.410 e. The van der Waals surface area contributed by atoms with Gasteiger partial charge in [0.15, 0.2) is 0 Å². The van der Waals surface area contributed by atoms with Crippen molar-refractivity contribution >= 4 is 12.1 Å². The van der Waals surface area contributed by atoms with E-state index in [-0.39, 0.29) is 19.0 Å². The van der Waals surface area contributed by atoms with Gasteiger partial charge in [-0.15, -0.1) is 0 Å². The fraction of sp³-hybridized carbons (Fsp3) is 0.704. The summed E-state index contributed by atoms with van der Waals surface area (Å²) in [6.07, 6.45) is 7.32. The third-order valence-electron chi connectivity index (χ3n) is 8.72. The number of nitrogens with zero attached hydrogens (tertiary/aromatic N) is 3. The van der Waals surface area contributed by atoms with Crippen molar-refractivity contribution in [2.45, 2.75) is 88.9 Å². The second-order valence-corrected chi connectivity index (χ2v) is 10.7. The molecule has 1 aromatic carbocycles. The molecule has 3 saturated heterocycles. The van der Waals surface area contributed by atoms with Gasteiger partial charge in [-0.25, -0.2) is 9.59 Å². The van der Waals surface area contributed by atoms with Gasteiger partial charge in [0.25, 0.3) is 0 Å². The predicted octanol–water partition coefficient (Wildman–Crippen LogP) is 4.35. The Labute approximate surface area is 205 Å². The van der Waals surface area contributed by atoms with Crippen LogP contribution in [0.25, 0.3) is 0 Å². The molecule has 34 heavy (non-hydrogen) atoms. The molecule has 0 aliphatic carbocycles. The van der Waals surface area contributed by atoms with E-state index in [4.69, 9.17) is 4.74 Å². The van der Waals surface area contributed by atoms with Crippen LogP contribution < -0.4 is 5.32 Å². The molecule has 1 spiro atoms. The highest BCUT2D eigenvalue weighted by molar-refractivity contribution is 5.75. The predicted molar refractivity (Wildman–Crippen MR) is 134 cm³/mol. The third-order valence-corrected chi connectivity index (χ3v) is 8.72. The summed E-state index contributed by atoms with van der Waals surface area (Å²) in [4.78, 5) is 32.1. The van der Waals surface area contributed by atoms with Gasteiger partial charge in [-0.3, -0.25) is 0 Å². The fourth-order valence-electron chi connectivity index (χ4n) is 7.06. The quantitative estimate of drug-likeness (QED) is 0.710. The first-order valence-electron chi connectivity index (χ1n) is 13.3. The minimum Gasteiger partial charge on any atom is -0.450 e. The van der Waals surface area contributed by atoms with Crippen LogP contribution in [-0.4, -0.2) is 77.7 Å². The summed E-state index contributed by atoms with van der Waals surface area (Å²) in [5.74, 6) is 0. The summed E-state index contributed by atoms with van der Waals surface area (Å²) in [5, 5.41) is 3.09. The van der Waals surface area contributed by atoms with Crippen LogP contribution in [0.5, 0.6) is 0 Å². The molecule has 0 radical (unpaired) electrons. The average Bonchev–Trinajstić information content (AvgIpc) is 3.12. The van der Waals surface area contributed by atoms with Crippen LogP contribution in [0.1, 0.15) is 71.3 Å². The molecular formula is C27H42N4O3. The van der Waals surface area contributed by atoms with Crippen molar-refractivity contribution in [2.75, 3.05) is 32.8 Å². The van der Waals surface area contributed by atoms with Gasteiger partial charge in [-0.1, -0.05) is 31.2 Å². The van der Waals surface area contributed by atoms with Crippen molar-refractivity contribution in [1.29, 1.82) is 0 Å². The lowest BCUT2D eigenvalue weighted by molar-refractivity contribution is 0.0219. The van der Waals surface area contributed by atoms with E-state index in [1.54, 1.807) is 0 Å². The number of nitrogens with one attached hydrogen (secondary N) is 1. The molecule has 7 heteroatoms. The Kier molecular flexibility index (Phi) is 6.74. The zero-order chi connectivity index (χ0) is 23.7. The average molecular weight is 471 g/mol. The number of ether oxygens (including phenoxy) is 1. The molecule has 0 saturated carbocycles. The molecule has 1 N–H and O–H groups in total. The van der Waals surface area contributed by atoms with Crippen molar-refractivity contribution in [2.24, 2.45) is 0 Å². The zero-order valence-electron chi connectivity index (χ0n) is 20.8. The Hall–Kier alpha value is -2.28. The summed E-state index contributed by atoms with van der Waals surface area (Å²) in [6, 6.07) is 10.0. The number of amides is 3. The number of hydrogen-bond acceptors (Lipinski definition) is 4. The Morgan fingerprint density at radius 3 is 2.47 bits per heavy atom. The normalized spacial score (nSPS) is 28.0. The number of urea groups is 1. The van der Waals surface area contributed by atoms with Gasteiger partial charge in [0.05, 0.1) is 6.61 Å². The lowest BCUT2D eigenvalue weighted by Gasteiger charge is -2.51. The lowest BCUT2D eigenvalue weighted by Crippen LogP contribution is -2.58. The Bertz CT molecular complexity index is 890. The van der Waals surface area contributed by atoms with E-state index >= 15 is 0 Å². The minimum atomic E-state index is -0.119. The van der Waals surface area contributed by atoms with Crippen molar-refractivity contribution in [3.8, 4) is 0 Å². The Morgan fingerprint density at radius 2 is 1.79 bits per heavy atom. The number of carbonyl (C=O) groups is 2. The summed E-state index contributed by atoms with van der Waals surface area (Å²) in [7, 11) is 0. The number of piperidine rings is 2. The van der Waals surface area contributed by atoms with Crippen molar-refractivity contribution in [3.63, 3.8) is 0 Å². The topological polar surface area (TPSA) is 65.1 Å². The number of benzene rings is 1. The van der Waals surface area contributed by atoms with Crippen LogP contribution in [0.15, 0.2) is 24.3 Å². The first-order chi connectivity index (χ1) is 16.5. The van der Waals surface area contributed by atoms with Crippen LogP contribution >= 0.6 is 0 Å². The molecular weight excluding hydrogens is 428 g/mol. The second-order valence-electron chi connectivity index (χ2n) is 10.7. The van der Waals surface area contributed by atoms with E-state index < -0.39 is 0 Å². The molecule has 3 amide bonds. The highest BCUT2D eigenvalue weighted by atomic mass is 16.6. The Morgan fingerprint density at radius 1 is 1.09 bits per heavy atom. The smallest absolute Gasteiger partial charge is 0.410 e.